The molecule has 11 heteroatoms. The minimum Gasteiger partial charge on any atom is -0.488 e. The number of carbonyl (C=O) groups excluding carboxylic acids is 2. The summed E-state index contributed by atoms with van der Waals surface area (Å²) in [6.45, 7) is 17.8. The van der Waals surface area contributed by atoms with Gasteiger partial charge in [0.05, 0.1) is 17.7 Å². The Morgan fingerprint density at radius 1 is 1.00 bits per heavy atom. The van der Waals surface area contributed by atoms with Crippen LogP contribution in [0.5, 0.6) is 5.75 Å². The van der Waals surface area contributed by atoms with E-state index in [1.165, 1.54) is 34.6 Å². The lowest BCUT2D eigenvalue weighted by Gasteiger charge is -2.37. The van der Waals surface area contributed by atoms with Crippen LogP contribution >= 0.6 is 11.3 Å². The summed E-state index contributed by atoms with van der Waals surface area (Å²) in [5.74, 6) is -0.376. The molecule has 0 aliphatic carbocycles. The predicted octanol–water partition coefficient (Wildman–Crippen LogP) is 7.66. The molecule has 2 aromatic carbocycles. The number of esters is 1. The number of ether oxygens (including phenoxy) is 4. The van der Waals surface area contributed by atoms with E-state index in [9.17, 15) is 14.0 Å². The Labute approximate surface area is 293 Å². The Bertz CT molecular complexity index is 1680. The highest BCUT2D eigenvalue weighted by molar-refractivity contribution is 7.14. The Kier molecular flexibility index (Phi) is 10.9. The molecule has 2 atom stereocenters. The molecule has 0 bridgehead atoms. The number of hydrogen-bond acceptors (Lipinski definition) is 9. The topological polar surface area (TPSA) is 90.4 Å². The van der Waals surface area contributed by atoms with Crippen LogP contribution in [0.2, 0.25) is 0 Å². The van der Waals surface area contributed by atoms with Gasteiger partial charge in [-0.1, -0.05) is 12.1 Å². The van der Waals surface area contributed by atoms with Crippen molar-refractivity contribution in [3.8, 4) is 17.0 Å². The predicted molar refractivity (Wildman–Crippen MR) is 190 cm³/mol. The first-order chi connectivity index (χ1) is 23.0. The largest absolute Gasteiger partial charge is 0.488 e. The van der Waals surface area contributed by atoms with Crippen molar-refractivity contribution in [1.29, 1.82) is 0 Å². The van der Waals surface area contributed by atoms with Gasteiger partial charge in [0.1, 0.15) is 29.4 Å². The van der Waals surface area contributed by atoms with Gasteiger partial charge in [0.15, 0.2) is 5.13 Å². The van der Waals surface area contributed by atoms with Gasteiger partial charge in [0.2, 0.25) is 0 Å². The average Bonchev–Trinajstić information content (AvgIpc) is 3.39. The van der Waals surface area contributed by atoms with Crippen LogP contribution in [0.25, 0.3) is 11.3 Å². The number of halogens is 1. The van der Waals surface area contributed by atoms with Crippen molar-refractivity contribution in [3.05, 3.63) is 63.3 Å². The minimum atomic E-state index is -0.567. The van der Waals surface area contributed by atoms with E-state index in [2.05, 4.69) is 24.0 Å². The van der Waals surface area contributed by atoms with E-state index < -0.39 is 11.2 Å². The molecule has 0 N–H and O–H groups in total. The second kappa shape index (κ2) is 14.6. The molecule has 0 radical (unpaired) electrons. The third-order valence-electron chi connectivity index (χ3n) is 8.96. The van der Waals surface area contributed by atoms with Gasteiger partial charge in [0.25, 0.3) is 0 Å². The van der Waals surface area contributed by atoms with Gasteiger partial charge >= 0.3 is 12.1 Å². The van der Waals surface area contributed by atoms with Crippen molar-refractivity contribution in [2.24, 2.45) is 5.92 Å². The quantitative estimate of drug-likeness (QED) is 0.233. The molecule has 3 heterocycles. The number of thiazole rings is 1. The molecule has 49 heavy (non-hydrogen) atoms. The maximum atomic E-state index is 14.8. The fourth-order valence-corrected chi connectivity index (χ4v) is 7.36. The molecule has 0 unspecified atom stereocenters. The number of aromatic nitrogens is 1. The summed E-state index contributed by atoms with van der Waals surface area (Å²) in [6.07, 6.45) is 1.45. The molecule has 5 rings (SSSR count). The van der Waals surface area contributed by atoms with E-state index in [0.717, 1.165) is 29.1 Å². The lowest BCUT2D eigenvalue weighted by Crippen LogP contribution is -2.49. The summed E-state index contributed by atoms with van der Waals surface area (Å²) in [5, 5.41) is 2.69. The highest BCUT2D eigenvalue weighted by Gasteiger charge is 2.38. The van der Waals surface area contributed by atoms with Crippen LogP contribution in [0, 0.1) is 25.6 Å². The van der Waals surface area contributed by atoms with Gasteiger partial charge in [-0.15, -0.1) is 11.3 Å². The smallest absolute Gasteiger partial charge is 0.410 e. The van der Waals surface area contributed by atoms with E-state index in [-0.39, 0.29) is 29.9 Å². The maximum Gasteiger partial charge on any atom is 0.410 e. The lowest BCUT2D eigenvalue weighted by molar-refractivity contribution is -0.165. The third-order valence-corrected chi connectivity index (χ3v) is 9.86. The van der Waals surface area contributed by atoms with Crippen molar-refractivity contribution >= 4 is 28.5 Å². The molecule has 1 saturated heterocycles. The van der Waals surface area contributed by atoms with E-state index >= 15 is 0 Å². The molecule has 0 spiro atoms. The van der Waals surface area contributed by atoms with E-state index in [1.54, 1.807) is 12.0 Å². The number of aryl methyl sites for hydroxylation is 1. The first-order valence-electron chi connectivity index (χ1n) is 17.0. The number of amides is 1. The normalized spacial score (nSPS) is 18.5. The molecule has 1 aromatic heterocycles. The minimum absolute atomic E-state index is 0.247. The van der Waals surface area contributed by atoms with Gasteiger partial charge < -0.3 is 28.7 Å². The summed E-state index contributed by atoms with van der Waals surface area (Å²) in [4.78, 5) is 34.4. The monoisotopic (exact) mass is 695 g/mol. The van der Waals surface area contributed by atoms with Crippen molar-refractivity contribution in [1.82, 2.24) is 9.88 Å². The van der Waals surface area contributed by atoms with Gasteiger partial charge in [-0.3, -0.25) is 4.79 Å². The van der Waals surface area contributed by atoms with Crippen LogP contribution in [-0.2, 0) is 38.5 Å². The summed E-state index contributed by atoms with van der Waals surface area (Å²) in [5.41, 5.74) is 5.44. The fourth-order valence-electron chi connectivity index (χ4n) is 6.49. The van der Waals surface area contributed by atoms with Crippen LogP contribution in [0.1, 0.15) is 75.8 Å². The second-order valence-corrected chi connectivity index (χ2v) is 15.8. The second-order valence-electron chi connectivity index (χ2n) is 15.0. The summed E-state index contributed by atoms with van der Waals surface area (Å²) >= 11 is 1.47. The van der Waals surface area contributed by atoms with Crippen molar-refractivity contribution < 1.29 is 32.9 Å². The molecule has 9 nitrogen and oxygen atoms in total. The number of methoxy groups -OCH3 is 1. The SMILES string of the molecule is CO[C@@H]1CN(c2nc(-c3cc(F)cc(C)c3OCc3ccc4c(c3C)CCN(C(=O)OC(C)(C)C)CC4)cs2)CC[C@@H]1C(=O)OC(C)(C)C. The van der Waals surface area contributed by atoms with Gasteiger partial charge in [-0.2, -0.15) is 0 Å². The van der Waals surface area contributed by atoms with Gasteiger partial charge in [-0.05, 0) is 115 Å². The molecule has 266 valence electrons. The zero-order valence-corrected chi connectivity index (χ0v) is 31.1. The van der Waals surface area contributed by atoms with Crippen LogP contribution in [0.3, 0.4) is 0 Å². The van der Waals surface area contributed by atoms with E-state index in [0.29, 0.717) is 61.8 Å². The van der Waals surface area contributed by atoms with Crippen LogP contribution in [0.4, 0.5) is 14.3 Å². The summed E-state index contributed by atoms with van der Waals surface area (Å²) in [6, 6.07) is 7.17. The van der Waals surface area contributed by atoms with E-state index in [1.807, 2.05) is 53.8 Å². The molecule has 1 amide bonds. The number of anilines is 1. The number of rotatable bonds is 7. The highest BCUT2D eigenvalue weighted by atomic mass is 32.1. The zero-order chi connectivity index (χ0) is 35.7. The number of carbonyl (C=O) groups is 2. The Balaban J connectivity index is 1.31. The van der Waals surface area contributed by atoms with Crippen LogP contribution in [-0.4, -0.2) is 72.5 Å². The third kappa shape index (κ3) is 8.91. The lowest BCUT2D eigenvalue weighted by atomic mass is 9.93. The van der Waals surface area contributed by atoms with Gasteiger partial charge in [-0.25, -0.2) is 14.2 Å². The van der Waals surface area contributed by atoms with Crippen molar-refractivity contribution in [2.45, 2.75) is 98.6 Å². The van der Waals surface area contributed by atoms with Crippen LogP contribution in [0.15, 0.2) is 29.6 Å². The number of hydrogen-bond donors (Lipinski definition) is 0. The fraction of sp³-hybridized carbons (Fsp3) is 0.553. The zero-order valence-electron chi connectivity index (χ0n) is 30.3. The molecule has 2 aliphatic heterocycles. The summed E-state index contributed by atoms with van der Waals surface area (Å²) in [7, 11) is 1.61. The average molecular weight is 696 g/mol. The first kappa shape index (κ1) is 36.6. The molecule has 3 aromatic rings. The van der Waals surface area contributed by atoms with Gasteiger partial charge in [0, 0.05) is 44.2 Å². The molecule has 0 saturated carbocycles. The van der Waals surface area contributed by atoms with E-state index in [4.69, 9.17) is 23.9 Å². The molecule has 1 fully saturated rings. The van der Waals surface area contributed by atoms with Crippen LogP contribution < -0.4 is 9.64 Å². The highest BCUT2D eigenvalue weighted by Crippen LogP contribution is 2.38. The first-order valence-corrected chi connectivity index (χ1v) is 17.9. The number of benzene rings is 2. The number of fused-ring (bicyclic) bond motifs is 1. The molecule has 2 aliphatic rings. The molecular formula is C38H50FN3O6S. The van der Waals surface area contributed by atoms with Crippen molar-refractivity contribution in [2.75, 3.05) is 38.2 Å². The number of piperidine rings is 1. The maximum absolute atomic E-state index is 14.8. The Morgan fingerprint density at radius 3 is 2.41 bits per heavy atom. The standard InChI is InChI=1S/C38H50FN3O6S/c1-23-18-27(39)19-30(31-22-49-35(40-31)42-17-14-29(32(20-42)45-9)34(43)47-37(3,4)5)33(23)46-21-26-11-10-25-12-15-41(16-13-28(25)24(26)2)36(44)48-38(6,7)8/h10-11,18-19,22,29,32H,12-17,20-21H2,1-9H3/t29-,32+/m0/s1. The Morgan fingerprint density at radius 2 is 1.71 bits per heavy atom. The van der Waals surface area contributed by atoms with Crippen molar-refractivity contribution in [3.63, 3.8) is 0 Å². The number of nitrogens with zero attached hydrogens (tertiary/aromatic N) is 3. The molecular weight excluding hydrogens is 645 g/mol. The summed E-state index contributed by atoms with van der Waals surface area (Å²) < 4.78 is 38.3. The Hall–Kier alpha value is -3.70.